The molecule has 2 aromatic rings. The maximum absolute atomic E-state index is 12.6. The van der Waals surface area contributed by atoms with Crippen LogP contribution in [-0.4, -0.2) is 12.0 Å². The highest BCUT2D eigenvalue weighted by Gasteiger charge is 2.19. The number of anilines is 1. The molecule has 0 aliphatic heterocycles. The van der Waals surface area contributed by atoms with Crippen molar-refractivity contribution in [2.75, 3.05) is 5.32 Å². The molecule has 0 saturated carbocycles. The van der Waals surface area contributed by atoms with Crippen molar-refractivity contribution in [1.29, 1.82) is 0 Å². The summed E-state index contributed by atoms with van der Waals surface area (Å²) < 4.78 is 5.84. The van der Waals surface area contributed by atoms with E-state index in [2.05, 4.69) is 58.1 Å². The molecule has 0 saturated heterocycles. The van der Waals surface area contributed by atoms with Gasteiger partial charge >= 0.3 is 0 Å². The maximum Gasteiger partial charge on any atom is 0.265 e. The number of para-hydroxylation sites is 1. The van der Waals surface area contributed by atoms with E-state index in [0.717, 1.165) is 16.8 Å². The number of carbonyl (C=O) groups excluding carboxylic acids is 1. The molecule has 0 bridgehead atoms. The third-order valence-corrected chi connectivity index (χ3v) is 4.58. The zero-order valence-electron chi connectivity index (χ0n) is 17.0. The third-order valence-electron chi connectivity index (χ3n) is 4.58. The van der Waals surface area contributed by atoms with Gasteiger partial charge in [0.15, 0.2) is 6.10 Å². The number of benzene rings is 2. The Morgan fingerprint density at radius 2 is 1.62 bits per heavy atom. The molecule has 1 N–H and O–H groups in total. The fourth-order valence-electron chi connectivity index (χ4n) is 2.86. The van der Waals surface area contributed by atoms with Gasteiger partial charge in [-0.1, -0.05) is 65.0 Å². The smallest absolute Gasteiger partial charge is 0.265 e. The molecule has 0 aliphatic rings. The highest BCUT2D eigenvalue weighted by molar-refractivity contribution is 5.95. The summed E-state index contributed by atoms with van der Waals surface area (Å²) in [6.45, 7) is 14.6. The minimum Gasteiger partial charge on any atom is -0.481 e. The SMILES string of the molecule is Cc1cccc(C(C)C)c1NC(=O)[C@@H](C)Oc1ccc(C(C)(C)C)cc1. The molecule has 3 heteroatoms. The second-order valence-corrected chi connectivity index (χ2v) is 8.22. The molecule has 0 heterocycles. The van der Waals surface area contributed by atoms with Gasteiger partial charge in [0.1, 0.15) is 5.75 Å². The standard InChI is InChI=1S/C23H31NO2/c1-15(2)20-10-8-9-16(3)21(20)24-22(25)17(4)26-19-13-11-18(12-14-19)23(5,6)7/h8-15,17H,1-7H3,(H,24,25)/t17-/m1/s1. The van der Waals surface area contributed by atoms with Crippen molar-refractivity contribution in [3.8, 4) is 5.75 Å². The molecule has 2 rings (SSSR count). The van der Waals surface area contributed by atoms with E-state index >= 15 is 0 Å². The Balaban J connectivity index is 2.09. The van der Waals surface area contributed by atoms with E-state index in [0.29, 0.717) is 11.7 Å². The summed E-state index contributed by atoms with van der Waals surface area (Å²) in [6, 6.07) is 14.1. The largest absolute Gasteiger partial charge is 0.481 e. The number of nitrogens with one attached hydrogen (secondary N) is 1. The minimum absolute atomic E-state index is 0.0968. The first-order chi connectivity index (χ1) is 12.1. The lowest BCUT2D eigenvalue weighted by Crippen LogP contribution is -2.31. The lowest BCUT2D eigenvalue weighted by Gasteiger charge is -2.21. The van der Waals surface area contributed by atoms with Crippen LogP contribution in [0.1, 0.15) is 64.2 Å². The average molecular weight is 354 g/mol. The Hall–Kier alpha value is -2.29. The number of rotatable bonds is 5. The van der Waals surface area contributed by atoms with E-state index < -0.39 is 6.10 Å². The Labute approximate surface area is 157 Å². The van der Waals surface area contributed by atoms with E-state index in [1.165, 1.54) is 5.56 Å². The Morgan fingerprint density at radius 1 is 1.00 bits per heavy atom. The fourth-order valence-corrected chi connectivity index (χ4v) is 2.86. The van der Waals surface area contributed by atoms with Crippen molar-refractivity contribution in [3.05, 3.63) is 59.2 Å². The van der Waals surface area contributed by atoms with Crippen LogP contribution in [0.5, 0.6) is 5.75 Å². The Kier molecular flexibility index (Phi) is 6.12. The molecule has 0 spiro atoms. The van der Waals surface area contributed by atoms with E-state index in [1.54, 1.807) is 6.92 Å². The summed E-state index contributed by atoms with van der Waals surface area (Å²) in [7, 11) is 0. The topological polar surface area (TPSA) is 38.3 Å². The van der Waals surface area contributed by atoms with Crippen LogP contribution in [0.2, 0.25) is 0 Å². The van der Waals surface area contributed by atoms with Crippen LogP contribution < -0.4 is 10.1 Å². The molecule has 26 heavy (non-hydrogen) atoms. The minimum atomic E-state index is -0.574. The summed E-state index contributed by atoms with van der Waals surface area (Å²) in [5.74, 6) is 0.905. The normalized spacial score (nSPS) is 12.8. The molecule has 0 radical (unpaired) electrons. The van der Waals surface area contributed by atoms with Crippen molar-refractivity contribution in [2.24, 2.45) is 0 Å². The summed E-state index contributed by atoms with van der Waals surface area (Å²) in [6.07, 6.45) is -0.574. The number of aryl methyl sites for hydroxylation is 1. The molecule has 2 aromatic carbocycles. The number of hydrogen-bond acceptors (Lipinski definition) is 2. The van der Waals surface area contributed by atoms with E-state index in [1.807, 2.05) is 31.2 Å². The van der Waals surface area contributed by atoms with Crippen molar-refractivity contribution in [2.45, 2.75) is 65.9 Å². The van der Waals surface area contributed by atoms with E-state index in [9.17, 15) is 4.79 Å². The van der Waals surface area contributed by atoms with Crippen LogP contribution in [0.25, 0.3) is 0 Å². The quantitative estimate of drug-likeness (QED) is 0.735. The highest BCUT2D eigenvalue weighted by atomic mass is 16.5. The van der Waals surface area contributed by atoms with Crippen LogP contribution in [-0.2, 0) is 10.2 Å². The van der Waals surface area contributed by atoms with Gasteiger partial charge in [-0.15, -0.1) is 0 Å². The van der Waals surface area contributed by atoms with Crippen molar-refractivity contribution < 1.29 is 9.53 Å². The Morgan fingerprint density at radius 3 is 2.15 bits per heavy atom. The van der Waals surface area contributed by atoms with Gasteiger partial charge in [-0.3, -0.25) is 4.79 Å². The van der Waals surface area contributed by atoms with Gasteiger partial charge in [0.05, 0.1) is 0 Å². The van der Waals surface area contributed by atoms with Gasteiger partial charge in [0.2, 0.25) is 0 Å². The molecule has 0 aliphatic carbocycles. The lowest BCUT2D eigenvalue weighted by atomic mass is 9.87. The summed E-state index contributed by atoms with van der Waals surface area (Å²) in [5, 5.41) is 3.05. The molecule has 1 amide bonds. The lowest BCUT2D eigenvalue weighted by molar-refractivity contribution is -0.122. The number of ether oxygens (including phenoxy) is 1. The van der Waals surface area contributed by atoms with Crippen LogP contribution in [0.3, 0.4) is 0 Å². The van der Waals surface area contributed by atoms with Crippen LogP contribution in [0.4, 0.5) is 5.69 Å². The van der Waals surface area contributed by atoms with Gasteiger partial charge in [0, 0.05) is 5.69 Å². The molecule has 1 atom stereocenters. The van der Waals surface area contributed by atoms with Crippen molar-refractivity contribution in [1.82, 2.24) is 0 Å². The molecule has 140 valence electrons. The first-order valence-electron chi connectivity index (χ1n) is 9.27. The van der Waals surface area contributed by atoms with E-state index in [4.69, 9.17) is 4.74 Å². The predicted octanol–water partition coefficient (Wildman–Crippen LogP) is 5.82. The van der Waals surface area contributed by atoms with Gasteiger partial charge in [-0.2, -0.15) is 0 Å². The molecule has 0 fully saturated rings. The first kappa shape index (κ1) is 20.0. The second-order valence-electron chi connectivity index (χ2n) is 8.22. The van der Waals surface area contributed by atoms with Crippen molar-refractivity contribution in [3.63, 3.8) is 0 Å². The van der Waals surface area contributed by atoms with Gasteiger partial charge < -0.3 is 10.1 Å². The molecule has 0 unspecified atom stereocenters. The number of hydrogen-bond donors (Lipinski definition) is 1. The highest BCUT2D eigenvalue weighted by Crippen LogP contribution is 2.28. The first-order valence-corrected chi connectivity index (χ1v) is 9.27. The summed E-state index contributed by atoms with van der Waals surface area (Å²) in [4.78, 5) is 12.6. The second kappa shape index (κ2) is 7.94. The molecule has 3 nitrogen and oxygen atoms in total. The van der Waals surface area contributed by atoms with Gasteiger partial charge in [-0.05, 0) is 54.0 Å². The Bertz CT molecular complexity index is 755. The fraction of sp³-hybridized carbons (Fsp3) is 0.435. The molecule has 0 aromatic heterocycles. The predicted molar refractivity (Wildman–Crippen MR) is 109 cm³/mol. The van der Waals surface area contributed by atoms with Gasteiger partial charge in [0.25, 0.3) is 5.91 Å². The number of amides is 1. The van der Waals surface area contributed by atoms with Crippen LogP contribution >= 0.6 is 0 Å². The van der Waals surface area contributed by atoms with E-state index in [-0.39, 0.29) is 11.3 Å². The van der Waals surface area contributed by atoms with Crippen LogP contribution in [0, 0.1) is 6.92 Å². The van der Waals surface area contributed by atoms with Crippen molar-refractivity contribution >= 4 is 11.6 Å². The zero-order valence-corrected chi connectivity index (χ0v) is 17.0. The summed E-state index contributed by atoms with van der Waals surface area (Å²) in [5.41, 5.74) is 4.43. The third kappa shape index (κ3) is 4.87. The maximum atomic E-state index is 12.6. The zero-order chi connectivity index (χ0) is 19.5. The van der Waals surface area contributed by atoms with Crippen LogP contribution in [0.15, 0.2) is 42.5 Å². The van der Waals surface area contributed by atoms with Gasteiger partial charge in [-0.25, -0.2) is 0 Å². The monoisotopic (exact) mass is 353 g/mol. The molecular formula is C23H31NO2. The summed E-state index contributed by atoms with van der Waals surface area (Å²) >= 11 is 0. The average Bonchev–Trinajstić information content (AvgIpc) is 2.56. The number of carbonyl (C=O) groups is 1. The molecular weight excluding hydrogens is 322 g/mol.